The number of hydrogen-bond acceptors (Lipinski definition) is 4. The van der Waals surface area contributed by atoms with Crippen LogP contribution in [0.2, 0.25) is 0 Å². The van der Waals surface area contributed by atoms with Gasteiger partial charge in [-0.15, -0.1) is 0 Å². The second-order valence-corrected chi connectivity index (χ2v) is 7.03. The van der Waals surface area contributed by atoms with Crippen molar-refractivity contribution in [3.63, 3.8) is 0 Å². The molecule has 1 saturated heterocycles. The van der Waals surface area contributed by atoms with Crippen molar-refractivity contribution in [2.45, 2.75) is 19.5 Å². The molecule has 2 aliphatic heterocycles. The van der Waals surface area contributed by atoms with Crippen LogP contribution < -0.4 is 5.32 Å². The van der Waals surface area contributed by atoms with Crippen molar-refractivity contribution >= 4 is 23.7 Å². The maximum absolute atomic E-state index is 12.9. The molecule has 4 amide bonds. The monoisotopic (exact) mass is 385 g/mol. The zero-order chi connectivity index (χ0) is 20.4. The molecule has 0 bridgehead atoms. The zero-order valence-corrected chi connectivity index (χ0v) is 16.5. The molecule has 8 heteroatoms. The Balaban J connectivity index is 2.02. The molecular weight excluding hydrogens is 360 g/mol. The summed E-state index contributed by atoms with van der Waals surface area (Å²) in [6, 6.07) is 9.00. The predicted octanol–water partition coefficient (Wildman–Crippen LogP) is 0.786. The molecule has 0 spiro atoms. The van der Waals surface area contributed by atoms with Gasteiger partial charge in [0.15, 0.2) is 11.6 Å². The predicted molar refractivity (Wildman–Crippen MR) is 102 cm³/mol. The fourth-order valence-corrected chi connectivity index (χ4v) is 3.53. The lowest BCUT2D eigenvalue weighted by molar-refractivity contribution is -0.490. The van der Waals surface area contributed by atoms with Gasteiger partial charge in [-0.2, -0.15) is 4.90 Å². The Morgan fingerprint density at radius 2 is 1.89 bits per heavy atom. The molecule has 2 unspecified atom stereocenters. The number of carbonyl (C=O) groups excluding carboxylic acids is 3. The number of methoxy groups -OCH3 is 1. The molecule has 1 fully saturated rings. The maximum Gasteiger partial charge on any atom is 0.417 e. The molecule has 1 aromatic carbocycles. The number of hydrogen-bond donors (Lipinski definition) is 1. The van der Waals surface area contributed by atoms with E-state index >= 15 is 0 Å². The molecule has 1 aromatic rings. The van der Waals surface area contributed by atoms with Gasteiger partial charge in [0.05, 0.1) is 13.7 Å². The van der Waals surface area contributed by atoms with Gasteiger partial charge in [0, 0.05) is 20.2 Å². The summed E-state index contributed by atoms with van der Waals surface area (Å²) < 4.78 is 6.83. The Morgan fingerprint density at radius 3 is 2.54 bits per heavy atom. The number of amidine groups is 1. The van der Waals surface area contributed by atoms with Crippen molar-refractivity contribution in [1.82, 2.24) is 15.1 Å². The number of ether oxygens (including phenoxy) is 1. The summed E-state index contributed by atoms with van der Waals surface area (Å²) in [7, 11) is 4.64. The third kappa shape index (κ3) is 3.55. The van der Waals surface area contributed by atoms with Crippen LogP contribution in [0, 0.1) is 5.92 Å². The molecule has 0 aromatic heterocycles. The summed E-state index contributed by atoms with van der Waals surface area (Å²) in [6.45, 7) is 2.59. The Bertz CT molecular complexity index is 862. The minimum absolute atomic E-state index is 0.192. The number of imide groups is 1. The molecule has 28 heavy (non-hydrogen) atoms. The fourth-order valence-electron chi connectivity index (χ4n) is 3.53. The number of amides is 4. The minimum Gasteiger partial charge on any atom is -0.383 e. The highest BCUT2D eigenvalue weighted by atomic mass is 16.5. The van der Waals surface area contributed by atoms with Gasteiger partial charge in [0.2, 0.25) is 0 Å². The van der Waals surface area contributed by atoms with Gasteiger partial charge in [-0.1, -0.05) is 30.3 Å². The topological polar surface area (TPSA) is 82.0 Å². The van der Waals surface area contributed by atoms with Gasteiger partial charge < -0.3 is 10.1 Å². The van der Waals surface area contributed by atoms with Crippen LogP contribution in [0.4, 0.5) is 4.79 Å². The smallest absolute Gasteiger partial charge is 0.383 e. The Kier molecular flexibility index (Phi) is 5.60. The summed E-state index contributed by atoms with van der Waals surface area (Å²) in [4.78, 5) is 40.6. The SMILES string of the molecule is COCC(C)NC(=O)C1=CC2C(=O)N(C)C(=O)N(C)C2=[N+]1Cc1ccccc1. The lowest BCUT2D eigenvalue weighted by Gasteiger charge is -2.27. The van der Waals surface area contributed by atoms with Crippen LogP contribution in [0.5, 0.6) is 0 Å². The fraction of sp³-hybridized carbons (Fsp3) is 0.400. The first-order valence-electron chi connectivity index (χ1n) is 9.10. The molecule has 3 rings (SSSR count). The Hall–Kier alpha value is -3.00. The van der Waals surface area contributed by atoms with E-state index in [4.69, 9.17) is 4.74 Å². The number of urea groups is 1. The molecule has 0 saturated carbocycles. The number of carbonyl (C=O) groups is 3. The largest absolute Gasteiger partial charge is 0.417 e. The Morgan fingerprint density at radius 1 is 1.21 bits per heavy atom. The summed E-state index contributed by atoms with van der Waals surface area (Å²) in [5.41, 5.74) is 1.32. The van der Waals surface area contributed by atoms with E-state index in [9.17, 15) is 14.4 Å². The van der Waals surface area contributed by atoms with Crippen LogP contribution in [0.15, 0.2) is 42.1 Å². The highest BCUT2D eigenvalue weighted by Gasteiger charge is 2.51. The molecule has 1 N–H and O–H groups in total. The summed E-state index contributed by atoms with van der Waals surface area (Å²) in [5.74, 6) is -0.820. The van der Waals surface area contributed by atoms with Crippen LogP contribution in [0.1, 0.15) is 12.5 Å². The van der Waals surface area contributed by atoms with Crippen molar-refractivity contribution in [2.24, 2.45) is 5.92 Å². The number of nitrogens with zero attached hydrogens (tertiary/aromatic N) is 3. The van der Waals surface area contributed by atoms with Crippen molar-refractivity contribution in [2.75, 3.05) is 27.8 Å². The number of nitrogens with one attached hydrogen (secondary N) is 1. The molecule has 148 valence electrons. The van der Waals surface area contributed by atoms with Crippen LogP contribution >= 0.6 is 0 Å². The first-order valence-corrected chi connectivity index (χ1v) is 9.10. The highest BCUT2D eigenvalue weighted by molar-refractivity contribution is 6.19. The Labute approximate surface area is 164 Å². The van der Waals surface area contributed by atoms with E-state index in [-0.39, 0.29) is 17.9 Å². The summed E-state index contributed by atoms with van der Waals surface area (Å²) in [5, 5.41) is 2.88. The second-order valence-electron chi connectivity index (χ2n) is 7.03. The third-order valence-corrected chi connectivity index (χ3v) is 4.89. The average molecular weight is 385 g/mol. The number of fused-ring (bicyclic) bond motifs is 1. The maximum atomic E-state index is 12.9. The van der Waals surface area contributed by atoms with Gasteiger partial charge in [-0.3, -0.25) is 9.59 Å². The lowest BCUT2D eigenvalue weighted by atomic mass is 10.0. The first kappa shape index (κ1) is 19.8. The van der Waals surface area contributed by atoms with Crippen LogP contribution in [-0.2, 0) is 20.9 Å². The summed E-state index contributed by atoms with van der Waals surface area (Å²) in [6.07, 6.45) is 1.63. The third-order valence-electron chi connectivity index (χ3n) is 4.89. The van der Waals surface area contributed by atoms with E-state index in [2.05, 4.69) is 5.32 Å². The van der Waals surface area contributed by atoms with Crippen molar-refractivity contribution in [3.8, 4) is 0 Å². The molecule has 0 aliphatic carbocycles. The lowest BCUT2D eigenvalue weighted by Crippen LogP contribution is -2.57. The highest BCUT2D eigenvalue weighted by Crippen LogP contribution is 2.27. The van der Waals surface area contributed by atoms with Gasteiger partial charge in [0.1, 0.15) is 6.54 Å². The quantitative estimate of drug-likeness (QED) is 0.734. The molecular formula is C20H25N4O4+. The van der Waals surface area contributed by atoms with Crippen LogP contribution in [-0.4, -0.2) is 71.9 Å². The van der Waals surface area contributed by atoms with Gasteiger partial charge in [0.25, 0.3) is 17.6 Å². The zero-order valence-electron chi connectivity index (χ0n) is 16.5. The average Bonchev–Trinajstić information content (AvgIpc) is 3.05. The van der Waals surface area contributed by atoms with E-state index < -0.39 is 11.9 Å². The molecule has 2 atom stereocenters. The first-order chi connectivity index (χ1) is 13.3. The molecule has 8 nitrogen and oxygen atoms in total. The van der Waals surface area contributed by atoms with E-state index in [0.29, 0.717) is 24.7 Å². The van der Waals surface area contributed by atoms with E-state index in [1.54, 1.807) is 24.8 Å². The normalized spacial score (nSPS) is 20.3. The van der Waals surface area contributed by atoms with Gasteiger partial charge in [-0.25, -0.2) is 14.3 Å². The van der Waals surface area contributed by atoms with Crippen molar-refractivity contribution in [3.05, 3.63) is 47.7 Å². The second kappa shape index (κ2) is 7.93. The molecule has 0 radical (unpaired) electrons. The summed E-state index contributed by atoms with van der Waals surface area (Å²) >= 11 is 0. The molecule has 2 heterocycles. The standard InChI is InChI=1S/C20H24N4O4/c1-13(12-28-4)21-17(25)16-10-15-18(22(2)20(27)23(3)19(15)26)24(16)11-14-8-6-5-7-9-14/h5-10,13,15H,11-12H2,1-4H3/p+1. The van der Waals surface area contributed by atoms with Gasteiger partial charge >= 0.3 is 6.03 Å². The minimum atomic E-state index is -0.671. The van der Waals surface area contributed by atoms with Crippen LogP contribution in [0.3, 0.4) is 0 Å². The molecule has 2 aliphatic rings. The van der Waals surface area contributed by atoms with E-state index in [1.807, 2.05) is 37.3 Å². The van der Waals surface area contributed by atoms with E-state index in [1.165, 1.54) is 11.9 Å². The van der Waals surface area contributed by atoms with Crippen LogP contribution in [0.25, 0.3) is 0 Å². The van der Waals surface area contributed by atoms with Gasteiger partial charge in [-0.05, 0) is 18.6 Å². The van der Waals surface area contributed by atoms with Crippen molar-refractivity contribution in [1.29, 1.82) is 0 Å². The number of benzene rings is 1. The number of rotatable bonds is 6. The van der Waals surface area contributed by atoms with Crippen molar-refractivity contribution < 1.29 is 23.7 Å². The van der Waals surface area contributed by atoms with E-state index in [0.717, 1.165) is 10.5 Å².